The fourth-order valence-electron chi connectivity index (χ4n) is 2.35. The van der Waals surface area contributed by atoms with Crippen molar-refractivity contribution in [2.24, 2.45) is 5.92 Å². The number of carbonyl (C=O) groups is 1. The Morgan fingerprint density at radius 2 is 2.12 bits per heavy atom. The Hall–Kier alpha value is -0.770. The Labute approximate surface area is 96.9 Å². The average molecular weight is 227 g/mol. The maximum absolute atomic E-state index is 11.8. The van der Waals surface area contributed by atoms with Gasteiger partial charge >= 0.3 is 6.09 Å². The first-order valence-electron chi connectivity index (χ1n) is 6.33. The summed E-state index contributed by atoms with van der Waals surface area (Å²) in [6.07, 6.45) is 4.14. The van der Waals surface area contributed by atoms with E-state index in [0.717, 1.165) is 44.9 Å². The molecule has 16 heavy (non-hydrogen) atoms. The summed E-state index contributed by atoms with van der Waals surface area (Å²) in [6, 6.07) is 0. The van der Waals surface area contributed by atoms with E-state index in [9.17, 15) is 4.79 Å². The summed E-state index contributed by atoms with van der Waals surface area (Å²) in [7, 11) is 0. The fraction of sp³-hybridized carbons (Fsp3) is 0.917. The molecule has 1 atom stereocenters. The topological polar surface area (TPSA) is 38.8 Å². The lowest BCUT2D eigenvalue weighted by atomic mass is 9.95. The van der Waals surface area contributed by atoms with Crippen LogP contribution in [0, 0.1) is 5.92 Å². The number of likely N-dealkylation sites (tertiary alicyclic amines) is 1. The van der Waals surface area contributed by atoms with E-state index < -0.39 is 0 Å². The zero-order valence-electron chi connectivity index (χ0n) is 9.98. The highest BCUT2D eigenvalue weighted by molar-refractivity contribution is 5.67. The molecule has 2 aliphatic heterocycles. The lowest BCUT2D eigenvalue weighted by Gasteiger charge is -2.31. The van der Waals surface area contributed by atoms with Crippen LogP contribution < -0.4 is 0 Å². The molecule has 0 aliphatic carbocycles. The van der Waals surface area contributed by atoms with Crippen LogP contribution in [0.1, 0.15) is 32.6 Å². The van der Waals surface area contributed by atoms with Crippen LogP contribution in [0.4, 0.5) is 4.79 Å². The van der Waals surface area contributed by atoms with Crippen molar-refractivity contribution < 1.29 is 14.3 Å². The van der Waals surface area contributed by atoms with Gasteiger partial charge in [-0.2, -0.15) is 0 Å². The third-order valence-electron chi connectivity index (χ3n) is 3.61. The molecule has 0 aromatic carbocycles. The second-order valence-electron chi connectivity index (χ2n) is 4.71. The largest absolute Gasteiger partial charge is 0.444 e. The Bertz CT molecular complexity index is 230. The van der Waals surface area contributed by atoms with E-state index in [0.29, 0.717) is 6.61 Å². The second-order valence-corrected chi connectivity index (χ2v) is 4.71. The third kappa shape index (κ3) is 2.88. The van der Waals surface area contributed by atoms with Crippen LogP contribution in [0.3, 0.4) is 0 Å². The van der Waals surface area contributed by atoms with Gasteiger partial charge in [0.2, 0.25) is 0 Å². The van der Waals surface area contributed by atoms with Gasteiger partial charge in [0.1, 0.15) is 6.10 Å². The molecular weight excluding hydrogens is 206 g/mol. The molecule has 0 saturated carbocycles. The maximum Gasteiger partial charge on any atom is 0.410 e. The number of hydrogen-bond acceptors (Lipinski definition) is 3. The smallest absolute Gasteiger partial charge is 0.410 e. The standard InChI is InChI=1S/C12H21NO3/c1-2-10-3-6-13(7-4-10)12(14)16-11-5-8-15-9-11/h10-11H,2-9H2,1H3. The van der Waals surface area contributed by atoms with E-state index in [-0.39, 0.29) is 12.2 Å². The summed E-state index contributed by atoms with van der Waals surface area (Å²) < 4.78 is 10.6. The molecular formula is C12H21NO3. The number of ether oxygens (including phenoxy) is 2. The molecule has 1 amide bonds. The van der Waals surface area contributed by atoms with Gasteiger partial charge in [0.15, 0.2) is 0 Å². The van der Waals surface area contributed by atoms with Crippen molar-refractivity contribution in [1.82, 2.24) is 4.90 Å². The highest BCUT2D eigenvalue weighted by Crippen LogP contribution is 2.21. The Morgan fingerprint density at radius 3 is 2.69 bits per heavy atom. The van der Waals surface area contributed by atoms with Crippen LogP contribution in [0.15, 0.2) is 0 Å². The van der Waals surface area contributed by atoms with Gasteiger partial charge in [0, 0.05) is 19.5 Å². The van der Waals surface area contributed by atoms with Gasteiger partial charge in [-0.3, -0.25) is 0 Å². The van der Waals surface area contributed by atoms with Gasteiger partial charge in [-0.25, -0.2) is 4.79 Å². The predicted octanol–water partition coefficient (Wildman–Crippen LogP) is 2.03. The molecule has 0 radical (unpaired) electrons. The molecule has 1 unspecified atom stereocenters. The van der Waals surface area contributed by atoms with Gasteiger partial charge < -0.3 is 14.4 Å². The maximum atomic E-state index is 11.8. The first kappa shape index (κ1) is 11.7. The SMILES string of the molecule is CCC1CCN(C(=O)OC2CCOC2)CC1. The quantitative estimate of drug-likeness (QED) is 0.724. The first-order valence-corrected chi connectivity index (χ1v) is 6.33. The molecule has 0 bridgehead atoms. The van der Waals surface area contributed by atoms with Crippen molar-refractivity contribution in [3.63, 3.8) is 0 Å². The van der Waals surface area contributed by atoms with Crippen LogP contribution in [-0.4, -0.2) is 43.4 Å². The van der Waals surface area contributed by atoms with E-state index in [2.05, 4.69) is 6.92 Å². The molecule has 2 heterocycles. The van der Waals surface area contributed by atoms with Crippen molar-refractivity contribution in [3.8, 4) is 0 Å². The molecule has 2 saturated heterocycles. The Balaban J connectivity index is 1.73. The van der Waals surface area contributed by atoms with Crippen molar-refractivity contribution in [2.45, 2.75) is 38.7 Å². The van der Waals surface area contributed by atoms with Gasteiger partial charge in [-0.1, -0.05) is 13.3 Å². The van der Waals surface area contributed by atoms with Gasteiger partial charge in [0.25, 0.3) is 0 Å². The van der Waals surface area contributed by atoms with E-state index in [4.69, 9.17) is 9.47 Å². The summed E-state index contributed by atoms with van der Waals surface area (Å²) in [5.74, 6) is 0.791. The number of amides is 1. The molecule has 0 N–H and O–H groups in total. The minimum Gasteiger partial charge on any atom is -0.444 e. The lowest BCUT2D eigenvalue weighted by Crippen LogP contribution is -2.40. The zero-order valence-corrected chi connectivity index (χ0v) is 9.98. The number of nitrogens with zero attached hydrogens (tertiary/aromatic N) is 1. The first-order chi connectivity index (χ1) is 7.79. The molecule has 0 aromatic rings. The summed E-state index contributed by atoms with van der Waals surface area (Å²) in [6.45, 7) is 5.21. The zero-order chi connectivity index (χ0) is 11.4. The summed E-state index contributed by atoms with van der Waals surface area (Å²) >= 11 is 0. The van der Waals surface area contributed by atoms with Crippen LogP contribution >= 0.6 is 0 Å². The monoisotopic (exact) mass is 227 g/mol. The minimum atomic E-state index is -0.148. The van der Waals surface area contributed by atoms with E-state index >= 15 is 0 Å². The van der Waals surface area contributed by atoms with Crippen LogP contribution in [-0.2, 0) is 9.47 Å². The van der Waals surface area contributed by atoms with E-state index in [1.165, 1.54) is 6.42 Å². The lowest BCUT2D eigenvalue weighted by molar-refractivity contribution is 0.0461. The van der Waals surface area contributed by atoms with Crippen LogP contribution in [0.2, 0.25) is 0 Å². The molecule has 0 aromatic heterocycles. The highest BCUT2D eigenvalue weighted by atomic mass is 16.6. The van der Waals surface area contributed by atoms with Crippen LogP contribution in [0.25, 0.3) is 0 Å². The van der Waals surface area contributed by atoms with Gasteiger partial charge in [-0.15, -0.1) is 0 Å². The van der Waals surface area contributed by atoms with E-state index in [1.807, 2.05) is 4.90 Å². The molecule has 0 spiro atoms. The molecule has 92 valence electrons. The molecule has 2 fully saturated rings. The van der Waals surface area contributed by atoms with Crippen molar-refractivity contribution >= 4 is 6.09 Å². The predicted molar refractivity (Wildman–Crippen MR) is 60.3 cm³/mol. The number of piperidine rings is 1. The molecule has 4 nitrogen and oxygen atoms in total. The molecule has 2 rings (SSSR count). The minimum absolute atomic E-state index is 0.0172. The average Bonchev–Trinajstić information content (AvgIpc) is 2.82. The number of hydrogen-bond donors (Lipinski definition) is 0. The van der Waals surface area contributed by atoms with Gasteiger partial charge in [-0.05, 0) is 18.8 Å². The summed E-state index contributed by atoms with van der Waals surface area (Å²) in [5.41, 5.74) is 0. The van der Waals surface area contributed by atoms with E-state index in [1.54, 1.807) is 0 Å². The third-order valence-corrected chi connectivity index (χ3v) is 3.61. The van der Waals surface area contributed by atoms with Crippen molar-refractivity contribution in [3.05, 3.63) is 0 Å². The highest BCUT2D eigenvalue weighted by Gasteiger charge is 2.26. The van der Waals surface area contributed by atoms with Crippen LogP contribution in [0.5, 0.6) is 0 Å². The van der Waals surface area contributed by atoms with Crippen molar-refractivity contribution in [1.29, 1.82) is 0 Å². The fourth-order valence-corrected chi connectivity index (χ4v) is 2.35. The Kier molecular flexibility index (Phi) is 4.04. The van der Waals surface area contributed by atoms with Gasteiger partial charge in [0.05, 0.1) is 13.2 Å². The Morgan fingerprint density at radius 1 is 1.38 bits per heavy atom. The molecule has 4 heteroatoms. The normalized spacial score (nSPS) is 27.1. The summed E-state index contributed by atoms with van der Waals surface area (Å²) in [5, 5.41) is 0. The number of carbonyl (C=O) groups excluding carboxylic acids is 1. The second kappa shape index (κ2) is 5.53. The summed E-state index contributed by atoms with van der Waals surface area (Å²) in [4.78, 5) is 13.6. The van der Waals surface area contributed by atoms with Crippen molar-refractivity contribution in [2.75, 3.05) is 26.3 Å². The number of rotatable bonds is 2. The molecule has 2 aliphatic rings.